The van der Waals surface area contributed by atoms with Crippen LogP contribution in [0.1, 0.15) is 18.5 Å². The van der Waals surface area contributed by atoms with Crippen LogP contribution in [0.25, 0.3) is 10.9 Å². The minimum atomic E-state index is -0.101. The van der Waals surface area contributed by atoms with E-state index in [-0.39, 0.29) is 18.6 Å². The summed E-state index contributed by atoms with van der Waals surface area (Å²) in [6.07, 6.45) is 1.68. The summed E-state index contributed by atoms with van der Waals surface area (Å²) in [7, 11) is 1.78. The van der Waals surface area contributed by atoms with Crippen LogP contribution in [0.4, 0.5) is 0 Å². The van der Waals surface area contributed by atoms with E-state index < -0.39 is 0 Å². The number of carbonyl (C=O) groups excluding carboxylic acids is 1. The number of rotatable bonds is 5. The fourth-order valence-electron chi connectivity index (χ4n) is 2.64. The van der Waals surface area contributed by atoms with E-state index in [1.807, 2.05) is 49.4 Å². The van der Waals surface area contributed by atoms with Crippen LogP contribution < -0.4 is 4.74 Å². The summed E-state index contributed by atoms with van der Waals surface area (Å²) < 4.78 is 5.73. The van der Waals surface area contributed by atoms with Crippen molar-refractivity contribution in [2.24, 2.45) is 0 Å². The van der Waals surface area contributed by atoms with Crippen LogP contribution in [0.2, 0.25) is 5.02 Å². The number of carbonyl (C=O) groups is 1. The van der Waals surface area contributed by atoms with E-state index in [9.17, 15) is 4.79 Å². The molecule has 3 rings (SSSR count). The molecule has 2 aromatic carbocycles. The Balaban J connectivity index is 1.71. The Kier molecular flexibility index (Phi) is 5.19. The molecule has 0 fully saturated rings. The van der Waals surface area contributed by atoms with Crippen LogP contribution >= 0.6 is 11.6 Å². The average molecular weight is 355 g/mol. The van der Waals surface area contributed by atoms with Crippen molar-refractivity contribution in [3.63, 3.8) is 0 Å². The third kappa shape index (κ3) is 3.74. The maximum absolute atomic E-state index is 12.5. The first-order valence-electron chi connectivity index (χ1n) is 8.04. The first-order chi connectivity index (χ1) is 12.1. The molecule has 4 nitrogen and oxygen atoms in total. The molecular weight excluding hydrogens is 336 g/mol. The SMILES string of the molecule is C[C@H](c1ccccc1)N(C)C(=O)COc1ccc(Cl)c2cccnc12. The lowest BCUT2D eigenvalue weighted by Gasteiger charge is -2.25. The number of hydrogen-bond acceptors (Lipinski definition) is 3. The lowest BCUT2D eigenvalue weighted by atomic mass is 10.1. The van der Waals surface area contributed by atoms with Gasteiger partial charge in [0.2, 0.25) is 0 Å². The van der Waals surface area contributed by atoms with Gasteiger partial charge in [0.05, 0.1) is 11.1 Å². The number of fused-ring (bicyclic) bond motifs is 1. The van der Waals surface area contributed by atoms with Gasteiger partial charge >= 0.3 is 0 Å². The van der Waals surface area contributed by atoms with Crippen molar-refractivity contribution >= 4 is 28.4 Å². The van der Waals surface area contributed by atoms with Crippen molar-refractivity contribution < 1.29 is 9.53 Å². The van der Waals surface area contributed by atoms with Gasteiger partial charge in [-0.05, 0) is 36.8 Å². The second-order valence-electron chi connectivity index (χ2n) is 5.83. The van der Waals surface area contributed by atoms with E-state index >= 15 is 0 Å². The highest BCUT2D eigenvalue weighted by molar-refractivity contribution is 6.35. The minimum absolute atomic E-state index is 0.0302. The third-order valence-corrected chi connectivity index (χ3v) is 4.62. The highest BCUT2D eigenvalue weighted by atomic mass is 35.5. The van der Waals surface area contributed by atoms with Gasteiger partial charge in [0.25, 0.3) is 5.91 Å². The molecule has 0 saturated heterocycles. The van der Waals surface area contributed by atoms with Crippen LogP contribution in [0, 0.1) is 0 Å². The molecule has 0 aliphatic carbocycles. The van der Waals surface area contributed by atoms with Crippen molar-refractivity contribution in [2.45, 2.75) is 13.0 Å². The molecule has 1 aromatic heterocycles. The van der Waals surface area contributed by atoms with Crippen LogP contribution in [0.15, 0.2) is 60.8 Å². The van der Waals surface area contributed by atoms with Crippen LogP contribution in [0.3, 0.4) is 0 Å². The normalized spacial score (nSPS) is 12.0. The van der Waals surface area contributed by atoms with Crippen LogP contribution in [0.5, 0.6) is 5.75 Å². The molecule has 25 heavy (non-hydrogen) atoms. The zero-order valence-electron chi connectivity index (χ0n) is 14.1. The summed E-state index contributed by atoms with van der Waals surface area (Å²) in [4.78, 5) is 18.5. The molecule has 0 saturated carbocycles. The molecule has 1 atom stereocenters. The summed E-state index contributed by atoms with van der Waals surface area (Å²) in [5.41, 5.74) is 1.73. The number of ether oxygens (including phenoxy) is 1. The van der Waals surface area contributed by atoms with Gasteiger partial charge in [0.1, 0.15) is 11.3 Å². The predicted octanol–water partition coefficient (Wildman–Crippen LogP) is 4.49. The fraction of sp³-hybridized carbons (Fsp3) is 0.200. The Hall–Kier alpha value is -2.59. The topological polar surface area (TPSA) is 42.4 Å². The Morgan fingerprint density at radius 2 is 1.92 bits per heavy atom. The van der Waals surface area contributed by atoms with Crippen molar-refractivity contribution in [2.75, 3.05) is 13.7 Å². The smallest absolute Gasteiger partial charge is 0.260 e. The maximum Gasteiger partial charge on any atom is 0.260 e. The molecule has 0 spiro atoms. The first kappa shape index (κ1) is 17.2. The number of halogens is 1. The molecule has 0 aliphatic rings. The first-order valence-corrected chi connectivity index (χ1v) is 8.42. The highest BCUT2D eigenvalue weighted by Crippen LogP contribution is 2.29. The van der Waals surface area contributed by atoms with Gasteiger partial charge in [-0.2, -0.15) is 0 Å². The standard InChI is InChI=1S/C20H19ClN2O2/c1-14(15-7-4-3-5-8-15)23(2)19(24)13-25-18-11-10-17(21)16-9-6-12-22-20(16)18/h3-12,14H,13H2,1-2H3/t14-/m1/s1. The summed E-state index contributed by atoms with van der Waals surface area (Å²) in [5, 5.41) is 1.41. The van der Waals surface area contributed by atoms with Gasteiger partial charge in [0, 0.05) is 18.6 Å². The van der Waals surface area contributed by atoms with Gasteiger partial charge in [-0.1, -0.05) is 41.9 Å². The molecule has 0 unspecified atom stereocenters. The Morgan fingerprint density at radius 1 is 1.16 bits per heavy atom. The summed E-state index contributed by atoms with van der Waals surface area (Å²) in [6, 6.07) is 17.1. The number of nitrogens with zero attached hydrogens (tertiary/aromatic N) is 2. The van der Waals surface area contributed by atoms with Crippen LogP contribution in [-0.4, -0.2) is 29.4 Å². The number of hydrogen-bond donors (Lipinski definition) is 0. The van der Waals surface area contributed by atoms with Gasteiger partial charge < -0.3 is 9.64 Å². The summed E-state index contributed by atoms with van der Waals surface area (Å²) in [5.74, 6) is 0.449. The van der Waals surface area contributed by atoms with Gasteiger partial charge in [0.15, 0.2) is 6.61 Å². The molecule has 0 aliphatic heterocycles. The minimum Gasteiger partial charge on any atom is -0.481 e. The molecule has 128 valence electrons. The lowest BCUT2D eigenvalue weighted by molar-refractivity contribution is -0.133. The molecule has 0 bridgehead atoms. The van der Waals surface area contributed by atoms with E-state index in [1.165, 1.54) is 0 Å². The monoisotopic (exact) mass is 354 g/mol. The zero-order chi connectivity index (χ0) is 17.8. The van der Waals surface area contributed by atoms with E-state index in [2.05, 4.69) is 4.98 Å². The largest absolute Gasteiger partial charge is 0.481 e. The zero-order valence-corrected chi connectivity index (χ0v) is 14.9. The molecule has 0 radical (unpaired) electrons. The molecule has 1 heterocycles. The van der Waals surface area contributed by atoms with Crippen molar-refractivity contribution in [3.05, 3.63) is 71.4 Å². The third-order valence-electron chi connectivity index (χ3n) is 4.29. The van der Waals surface area contributed by atoms with Crippen molar-refractivity contribution in [1.29, 1.82) is 0 Å². The Labute approximate surface area is 152 Å². The molecule has 5 heteroatoms. The fourth-order valence-corrected chi connectivity index (χ4v) is 2.86. The van der Waals surface area contributed by atoms with Gasteiger partial charge in [-0.15, -0.1) is 0 Å². The van der Waals surface area contributed by atoms with E-state index in [1.54, 1.807) is 30.3 Å². The summed E-state index contributed by atoms with van der Waals surface area (Å²) >= 11 is 6.18. The maximum atomic E-state index is 12.5. The van der Waals surface area contributed by atoms with Crippen molar-refractivity contribution in [3.8, 4) is 5.75 Å². The molecule has 1 amide bonds. The van der Waals surface area contributed by atoms with Gasteiger partial charge in [-0.3, -0.25) is 9.78 Å². The van der Waals surface area contributed by atoms with Gasteiger partial charge in [-0.25, -0.2) is 0 Å². The number of pyridine rings is 1. The lowest BCUT2D eigenvalue weighted by Crippen LogP contribution is -2.33. The highest BCUT2D eigenvalue weighted by Gasteiger charge is 2.18. The number of benzene rings is 2. The predicted molar refractivity (Wildman–Crippen MR) is 99.9 cm³/mol. The number of likely N-dealkylation sites (N-methyl/N-ethyl adjacent to an activating group) is 1. The molecule has 0 N–H and O–H groups in total. The second kappa shape index (κ2) is 7.53. The van der Waals surface area contributed by atoms with Crippen molar-refractivity contribution in [1.82, 2.24) is 9.88 Å². The average Bonchev–Trinajstić information content (AvgIpc) is 2.67. The second-order valence-corrected chi connectivity index (χ2v) is 6.23. The quantitative estimate of drug-likeness (QED) is 0.678. The Morgan fingerprint density at radius 3 is 2.68 bits per heavy atom. The van der Waals surface area contributed by atoms with Crippen LogP contribution in [-0.2, 0) is 4.79 Å². The number of amides is 1. The van der Waals surface area contributed by atoms with E-state index in [0.29, 0.717) is 16.3 Å². The van der Waals surface area contributed by atoms with E-state index in [0.717, 1.165) is 10.9 Å². The molecular formula is C20H19ClN2O2. The summed E-state index contributed by atoms with van der Waals surface area (Å²) in [6.45, 7) is 1.94. The Bertz CT molecular complexity index is 883. The molecule has 3 aromatic rings. The van der Waals surface area contributed by atoms with E-state index in [4.69, 9.17) is 16.3 Å². The number of aromatic nitrogens is 1.